The molecule has 0 aromatic heterocycles. The lowest BCUT2D eigenvalue weighted by molar-refractivity contribution is -0.137. The molecule has 2 N–H and O–H groups in total. The van der Waals surface area contributed by atoms with Crippen molar-refractivity contribution in [2.45, 2.75) is 30.0 Å². The quantitative estimate of drug-likeness (QED) is 0.868. The predicted octanol–water partition coefficient (Wildman–Crippen LogP) is 3.07. The highest BCUT2D eigenvalue weighted by molar-refractivity contribution is 7.90. The van der Waals surface area contributed by atoms with Crippen LogP contribution in [0, 0.1) is 5.92 Å². The lowest BCUT2D eigenvalue weighted by atomic mass is 10.0. The molecule has 0 aliphatic heterocycles. The molecular weight excluding hydrogens is 303 g/mol. The number of nitrogens with two attached hydrogens (primary N) is 1. The molecule has 1 aliphatic rings. The first-order valence-corrected chi connectivity index (χ1v) is 8.33. The minimum absolute atomic E-state index is 0.183. The Balaban J connectivity index is 2.44. The highest BCUT2D eigenvalue weighted by Gasteiger charge is 2.32. The first-order chi connectivity index (χ1) is 9.59. The van der Waals surface area contributed by atoms with Crippen molar-refractivity contribution in [2.24, 2.45) is 11.7 Å². The minimum atomic E-state index is -4.59. The van der Waals surface area contributed by atoms with Gasteiger partial charge < -0.3 is 5.73 Å². The van der Waals surface area contributed by atoms with Crippen LogP contribution in [0.4, 0.5) is 13.2 Å². The third-order valence-electron chi connectivity index (χ3n) is 3.31. The van der Waals surface area contributed by atoms with Gasteiger partial charge in [-0.1, -0.05) is 18.2 Å². The highest BCUT2D eigenvalue weighted by Crippen LogP contribution is 2.34. The molecule has 1 saturated carbocycles. The molecule has 7 heteroatoms. The van der Waals surface area contributed by atoms with Crippen molar-refractivity contribution < 1.29 is 21.6 Å². The average Bonchev–Trinajstić information content (AvgIpc) is 3.17. The predicted molar refractivity (Wildman–Crippen MR) is 73.3 cm³/mol. The van der Waals surface area contributed by atoms with E-state index in [0.29, 0.717) is 12.0 Å². The maximum absolute atomic E-state index is 12.7. The molecule has 1 unspecified atom stereocenters. The van der Waals surface area contributed by atoms with Crippen LogP contribution in [0.1, 0.15) is 30.0 Å². The van der Waals surface area contributed by atoms with Crippen LogP contribution in [0.3, 0.4) is 0 Å². The van der Waals surface area contributed by atoms with Crippen molar-refractivity contribution in [1.29, 1.82) is 0 Å². The summed E-state index contributed by atoms with van der Waals surface area (Å²) >= 11 is 0. The van der Waals surface area contributed by atoms with E-state index in [4.69, 9.17) is 5.73 Å². The van der Waals surface area contributed by atoms with Gasteiger partial charge in [-0.25, -0.2) is 8.42 Å². The standard InChI is InChI=1S/C14H16F3NO2S/c1-21(19,20)13-8-10(14(15,16)17)5-6-11(13)12(18)7-4-9-2-3-9/h4-9,12H,2-3,18H2,1H3. The summed E-state index contributed by atoms with van der Waals surface area (Å²) in [6.45, 7) is 0. The van der Waals surface area contributed by atoms with Gasteiger partial charge in [0.1, 0.15) is 0 Å². The summed E-state index contributed by atoms with van der Waals surface area (Å²) in [6.07, 6.45) is 1.95. The number of halogens is 3. The molecular formula is C14H16F3NO2S. The molecule has 0 heterocycles. The molecule has 0 amide bonds. The van der Waals surface area contributed by atoms with Gasteiger partial charge in [-0.3, -0.25) is 0 Å². The fourth-order valence-electron chi connectivity index (χ4n) is 1.98. The van der Waals surface area contributed by atoms with Crippen molar-refractivity contribution >= 4 is 9.84 Å². The zero-order valence-corrected chi connectivity index (χ0v) is 12.2. The molecule has 0 radical (unpaired) electrons. The number of rotatable bonds is 4. The van der Waals surface area contributed by atoms with Gasteiger partial charge in [0, 0.05) is 12.3 Å². The maximum Gasteiger partial charge on any atom is 0.416 e. The topological polar surface area (TPSA) is 60.2 Å². The van der Waals surface area contributed by atoms with E-state index in [0.717, 1.165) is 31.2 Å². The molecule has 1 aromatic carbocycles. The molecule has 1 aliphatic carbocycles. The molecule has 116 valence electrons. The Morgan fingerprint density at radius 3 is 2.43 bits per heavy atom. The number of benzene rings is 1. The number of allylic oxidation sites excluding steroid dienone is 1. The van der Waals surface area contributed by atoms with Gasteiger partial charge in [-0.05, 0) is 36.5 Å². The van der Waals surface area contributed by atoms with E-state index < -0.39 is 27.6 Å². The number of alkyl halides is 3. The molecule has 3 nitrogen and oxygen atoms in total. The van der Waals surface area contributed by atoms with E-state index in [1.165, 1.54) is 0 Å². The Kier molecular flexibility index (Phi) is 4.17. The average molecular weight is 319 g/mol. The Bertz CT molecular complexity index is 661. The second-order valence-corrected chi connectivity index (χ2v) is 7.25. The summed E-state index contributed by atoms with van der Waals surface area (Å²) in [7, 11) is -3.80. The fraction of sp³-hybridized carbons (Fsp3) is 0.429. The zero-order chi connectivity index (χ0) is 15.8. The summed E-state index contributed by atoms with van der Waals surface area (Å²) in [5.74, 6) is 0.451. The van der Waals surface area contributed by atoms with Gasteiger partial charge >= 0.3 is 6.18 Å². The van der Waals surface area contributed by atoms with E-state index >= 15 is 0 Å². The number of hydrogen-bond donors (Lipinski definition) is 1. The molecule has 1 fully saturated rings. The monoisotopic (exact) mass is 319 g/mol. The second kappa shape index (κ2) is 5.46. The van der Waals surface area contributed by atoms with E-state index in [2.05, 4.69) is 0 Å². The molecule has 1 aromatic rings. The van der Waals surface area contributed by atoms with E-state index in [1.807, 2.05) is 6.08 Å². The van der Waals surface area contributed by atoms with Crippen molar-refractivity contribution in [3.63, 3.8) is 0 Å². The van der Waals surface area contributed by atoms with E-state index in [9.17, 15) is 21.6 Å². The van der Waals surface area contributed by atoms with Crippen molar-refractivity contribution in [3.8, 4) is 0 Å². The van der Waals surface area contributed by atoms with Gasteiger partial charge in [0.2, 0.25) is 0 Å². The van der Waals surface area contributed by atoms with Crippen LogP contribution < -0.4 is 5.73 Å². The van der Waals surface area contributed by atoms with Gasteiger partial charge in [-0.15, -0.1) is 0 Å². The Labute approximate surface area is 121 Å². The van der Waals surface area contributed by atoms with Crippen LogP contribution in [0.25, 0.3) is 0 Å². The highest BCUT2D eigenvalue weighted by atomic mass is 32.2. The normalized spacial score (nSPS) is 18.1. The van der Waals surface area contributed by atoms with Crippen LogP contribution in [0.15, 0.2) is 35.2 Å². The summed E-state index contributed by atoms with van der Waals surface area (Å²) < 4.78 is 61.6. The smallest absolute Gasteiger partial charge is 0.321 e. The Hall–Kier alpha value is -1.34. The summed E-state index contributed by atoms with van der Waals surface area (Å²) in [5, 5.41) is 0. The number of hydrogen-bond acceptors (Lipinski definition) is 3. The van der Waals surface area contributed by atoms with Gasteiger partial charge in [-0.2, -0.15) is 13.2 Å². The first kappa shape index (κ1) is 16.0. The van der Waals surface area contributed by atoms with Crippen molar-refractivity contribution in [3.05, 3.63) is 41.5 Å². The third kappa shape index (κ3) is 4.07. The van der Waals surface area contributed by atoms with Crippen LogP contribution in [0.2, 0.25) is 0 Å². The van der Waals surface area contributed by atoms with Crippen LogP contribution in [0.5, 0.6) is 0 Å². The molecule has 0 bridgehead atoms. The minimum Gasteiger partial charge on any atom is -0.321 e. The third-order valence-corrected chi connectivity index (χ3v) is 4.46. The largest absolute Gasteiger partial charge is 0.416 e. The van der Waals surface area contributed by atoms with E-state index in [-0.39, 0.29) is 10.5 Å². The zero-order valence-electron chi connectivity index (χ0n) is 11.4. The number of sulfone groups is 1. The Morgan fingerprint density at radius 1 is 1.33 bits per heavy atom. The van der Waals surface area contributed by atoms with Crippen LogP contribution in [-0.4, -0.2) is 14.7 Å². The van der Waals surface area contributed by atoms with Crippen LogP contribution >= 0.6 is 0 Å². The lowest BCUT2D eigenvalue weighted by Crippen LogP contribution is -2.15. The molecule has 2 rings (SSSR count). The fourth-order valence-corrected chi connectivity index (χ4v) is 2.95. The summed E-state index contributed by atoms with van der Waals surface area (Å²) in [4.78, 5) is -0.370. The summed E-state index contributed by atoms with van der Waals surface area (Å²) in [6, 6.07) is 1.91. The SMILES string of the molecule is CS(=O)(=O)c1cc(C(F)(F)F)ccc1C(N)C=CC1CC1. The molecule has 0 saturated heterocycles. The summed E-state index contributed by atoms with van der Waals surface area (Å²) in [5.41, 5.74) is 5.08. The molecule has 0 spiro atoms. The first-order valence-electron chi connectivity index (χ1n) is 6.44. The maximum atomic E-state index is 12.7. The molecule has 21 heavy (non-hydrogen) atoms. The van der Waals surface area contributed by atoms with Crippen molar-refractivity contribution in [2.75, 3.05) is 6.26 Å². The van der Waals surface area contributed by atoms with Crippen molar-refractivity contribution in [1.82, 2.24) is 0 Å². The Morgan fingerprint density at radius 2 is 1.95 bits per heavy atom. The van der Waals surface area contributed by atoms with E-state index in [1.54, 1.807) is 6.08 Å². The van der Waals surface area contributed by atoms with Gasteiger partial charge in [0.25, 0.3) is 0 Å². The molecule has 1 atom stereocenters. The van der Waals surface area contributed by atoms with Gasteiger partial charge in [0.05, 0.1) is 10.5 Å². The second-order valence-electron chi connectivity index (χ2n) is 5.27. The van der Waals surface area contributed by atoms with Gasteiger partial charge in [0.15, 0.2) is 9.84 Å². The lowest BCUT2D eigenvalue weighted by Gasteiger charge is -2.15. The van der Waals surface area contributed by atoms with Crippen LogP contribution in [-0.2, 0) is 16.0 Å².